The Morgan fingerprint density at radius 1 is 0.808 bits per heavy atom. The number of ether oxygens (including phenoxy) is 1. The molecule has 0 heterocycles. The molecular weight excluding hydrogens is 324 g/mol. The van der Waals surface area contributed by atoms with Crippen LogP contribution in [0.2, 0.25) is 0 Å². The maximum absolute atomic E-state index is 11.8. The van der Waals surface area contributed by atoms with Gasteiger partial charge >= 0.3 is 5.97 Å². The first-order valence-electron chi connectivity index (χ1n) is 10.3. The molecule has 0 fully saturated rings. The number of allylic oxidation sites excluding steroid dienone is 1. The Bertz CT molecular complexity index is 479. The molecule has 3 heteroatoms. The highest BCUT2D eigenvalue weighted by atomic mass is 16.5. The third-order valence-corrected chi connectivity index (χ3v) is 4.64. The normalized spacial score (nSPS) is 10.6. The molecule has 0 amide bonds. The molecule has 1 aromatic carbocycles. The minimum atomic E-state index is -0.311. The van der Waals surface area contributed by atoms with Gasteiger partial charge in [0.15, 0.2) is 0 Å². The molecule has 0 aliphatic carbocycles. The van der Waals surface area contributed by atoms with Gasteiger partial charge in [-0.25, -0.2) is 4.79 Å². The fourth-order valence-electron chi connectivity index (χ4n) is 3.00. The monoisotopic (exact) mass is 360 g/mol. The molecule has 0 aromatic heterocycles. The van der Waals surface area contributed by atoms with Crippen molar-refractivity contribution in [1.29, 1.82) is 0 Å². The molecule has 0 radical (unpaired) electrons. The van der Waals surface area contributed by atoms with E-state index in [2.05, 4.69) is 6.58 Å². The second-order valence-electron chi connectivity index (χ2n) is 7.00. The lowest BCUT2D eigenvalue weighted by molar-refractivity contribution is 0.0497. The zero-order chi connectivity index (χ0) is 18.9. The van der Waals surface area contributed by atoms with Crippen molar-refractivity contribution in [3.05, 3.63) is 42.5 Å². The minimum absolute atomic E-state index is 0.157. The first kappa shape index (κ1) is 22.3. The lowest BCUT2D eigenvalue weighted by Crippen LogP contribution is -2.06. The first-order valence-corrected chi connectivity index (χ1v) is 10.3. The summed E-state index contributed by atoms with van der Waals surface area (Å²) in [6.07, 6.45) is 18.5. The number of phenolic OH excluding ortho intramolecular Hbond substituents is 1. The number of rotatable bonds is 16. The van der Waals surface area contributed by atoms with Gasteiger partial charge in [-0.2, -0.15) is 0 Å². The summed E-state index contributed by atoms with van der Waals surface area (Å²) >= 11 is 0. The second-order valence-corrected chi connectivity index (χ2v) is 7.00. The summed E-state index contributed by atoms with van der Waals surface area (Å²) in [4.78, 5) is 11.8. The van der Waals surface area contributed by atoms with Crippen LogP contribution in [0.3, 0.4) is 0 Å². The third-order valence-electron chi connectivity index (χ3n) is 4.64. The van der Waals surface area contributed by atoms with Gasteiger partial charge in [0.25, 0.3) is 0 Å². The van der Waals surface area contributed by atoms with Crippen molar-refractivity contribution in [2.24, 2.45) is 0 Å². The van der Waals surface area contributed by atoms with E-state index in [-0.39, 0.29) is 11.7 Å². The molecule has 3 nitrogen and oxygen atoms in total. The van der Waals surface area contributed by atoms with E-state index in [0.29, 0.717) is 12.2 Å². The Kier molecular flexibility index (Phi) is 13.3. The molecule has 0 bridgehead atoms. The van der Waals surface area contributed by atoms with Crippen molar-refractivity contribution < 1.29 is 14.6 Å². The van der Waals surface area contributed by atoms with E-state index in [9.17, 15) is 9.90 Å². The summed E-state index contributed by atoms with van der Waals surface area (Å²) in [6, 6.07) is 6.16. The van der Waals surface area contributed by atoms with Gasteiger partial charge in [0.1, 0.15) is 5.75 Å². The highest BCUT2D eigenvalue weighted by molar-refractivity contribution is 5.89. The molecule has 1 aromatic rings. The maximum atomic E-state index is 11.8. The first-order chi connectivity index (χ1) is 12.7. The zero-order valence-corrected chi connectivity index (χ0v) is 16.3. The van der Waals surface area contributed by atoms with Crippen molar-refractivity contribution in [3.8, 4) is 5.75 Å². The fraction of sp³-hybridized carbons (Fsp3) is 0.609. The van der Waals surface area contributed by atoms with Crippen molar-refractivity contribution in [1.82, 2.24) is 0 Å². The Morgan fingerprint density at radius 3 is 1.77 bits per heavy atom. The Morgan fingerprint density at radius 2 is 1.27 bits per heavy atom. The van der Waals surface area contributed by atoms with Crippen LogP contribution in [0.4, 0.5) is 0 Å². The molecule has 0 saturated carbocycles. The van der Waals surface area contributed by atoms with Crippen LogP contribution < -0.4 is 0 Å². The van der Waals surface area contributed by atoms with Crippen molar-refractivity contribution in [2.45, 2.75) is 83.5 Å². The van der Waals surface area contributed by atoms with Gasteiger partial charge in [0.2, 0.25) is 0 Å². The summed E-state index contributed by atoms with van der Waals surface area (Å²) < 4.78 is 5.25. The predicted octanol–water partition coefficient (Wildman–Crippen LogP) is 6.81. The summed E-state index contributed by atoms with van der Waals surface area (Å²) in [6.45, 7) is 4.23. The lowest BCUT2D eigenvalue weighted by Gasteiger charge is -2.05. The van der Waals surface area contributed by atoms with E-state index in [4.69, 9.17) is 4.74 Å². The van der Waals surface area contributed by atoms with Crippen LogP contribution in [0.25, 0.3) is 0 Å². The van der Waals surface area contributed by atoms with E-state index in [0.717, 1.165) is 19.3 Å². The highest BCUT2D eigenvalue weighted by Gasteiger charge is 2.06. The van der Waals surface area contributed by atoms with Crippen LogP contribution >= 0.6 is 0 Å². The van der Waals surface area contributed by atoms with Crippen LogP contribution in [0, 0.1) is 0 Å². The van der Waals surface area contributed by atoms with E-state index in [1.165, 1.54) is 76.3 Å². The van der Waals surface area contributed by atoms with Crippen molar-refractivity contribution in [3.63, 3.8) is 0 Å². The van der Waals surface area contributed by atoms with Crippen molar-refractivity contribution >= 4 is 5.97 Å². The summed E-state index contributed by atoms with van der Waals surface area (Å²) in [7, 11) is 0. The van der Waals surface area contributed by atoms with E-state index in [1.54, 1.807) is 12.1 Å². The fourth-order valence-corrected chi connectivity index (χ4v) is 3.00. The molecule has 1 rings (SSSR count). The van der Waals surface area contributed by atoms with Crippen LogP contribution in [-0.4, -0.2) is 17.7 Å². The van der Waals surface area contributed by atoms with E-state index >= 15 is 0 Å². The number of benzene rings is 1. The second kappa shape index (κ2) is 15.5. The third kappa shape index (κ3) is 11.7. The summed E-state index contributed by atoms with van der Waals surface area (Å²) in [5.74, 6) is -0.153. The molecule has 26 heavy (non-hydrogen) atoms. The smallest absolute Gasteiger partial charge is 0.338 e. The average Bonchev–Trinajstić information content (AvgIpc) is 2.65. The van der Waals surface area contributed by atoms with Gasteiger partial charge in [-0.15, -0.1) is 6.58 Å². The average molecular weight is 361 g/mol. The van der Waals surface area contributed by atoms with Crippen LogP contribution in [0.15, 0.2) is 36.9 Å². The van der Waals surface area contributed by atoms with Crippen LogP contribution in [0.5, 0.6) is 5.75 Å². The topological polar surface area (TPSA) is 46.5 Å². The number of carbonyl (C=O) groups excluding carboxylic acids is 1. The number of unbranched alkanes of at least 4 members (excludes halogenated alkanes) is 12. The Balaban J connectivity index is 1.83. The zero-order valence-electron chi connectivity index (χ0n) is 16.3. The number of hydrogen-bond donors (Lipinski definition) is 1. The molecule has 0 spiro atoms. The Hall–Kier alpha value is -1.77. The largest absolute Gasteiger partial charge is 0.508 e. The van der Waals surface area contributed by atoms with Gasteiger partial charge in [0.05, 0.1) is 12.2 Å². The van der Waals surface area contributed by atoms with Crippen molar-refractivity contribution in [2.75, 3.05) is 6.61 Å². The number of phenols is 1. The molecule has 1 N–H and O–H groups in total. The van der Waals surface area contributed by atoms with Gasteiger partial charge < -0.3 is 9.84 Å². The van der Waals surface area contributed by atoms with Crippen LogP contribution in [0.1, 0.15) is 93.8 Å². The molecule has 0 saturated heterocycles. The molecule has 0 aliphatic heterocycles. The SMILES string of the molecule is C=CCCCCCCCCCCCCCCOC(=O)c1ccc(O)cc1. The molecular formula is C23H36O3. The number of carbonyl (C=O) groups is 1. The number of hydrogen-bond acceptors (Lipinski definition) is 3. The van der Waals surface area contributed by atoms with Crippen LogP contribution in [-0.2, 0) is 4.74 Å². The van der Waals surface area contributed by atoms with Gasteiger partial charge in [0, 0.05) is 0 Å². The lowest BCUT2D eigenvalue weighted by atomic mass is 10.0. The van der Waals surface area contributed by atoms with Gasteiger partial charge in [-0.3, -0.25) is 0 Å². The highest BCUT2D eigenvalue weighted by Crippen LogP contribution is 2.13. The number of esters is 1. The summed E-state index contributed by atoms with van der Waals surface area (Å²) in [5.41, 5.74) is 0.489. The maximum Gasteiger partial charge on any atom is 0.338 e. The quantitative estimate of drug-likeness (QED) is 0.200. The minimum Gasteiger partial charge on any atom is -0.508 e. The van der Waals surface area contributed by atoms with Gasteiger partial charge in [-0.1, -0.05) is 70.3 Å². The molecule has 0 atom stereocenters. The van der Waals surface area contributed by atoms with E-state index < -0.39 is 0 Å². The molecule has 146 valence electrons. The Labute approximate surface area is 159 Å². The molecule has 0 aliphatic rings. The standard InChI is InChI=1S/C23H36O3/c1-2-3-4-5-6-7-8-9-10-11-12-13-14-15-20-26-23(25)21-16-18-22(24)19-17-21/h2,16-19,24H,1,3-15,20H2. The van der Waals surface area contributed by atoms with Gasteiger partial charge in [-0.05, 0) is 43.5 Å². The number of aromatic hydroxyl groups is 1. The predicted molar refractivity (Wildman–Crippen MR) is 109 cm³/mol. The molecule has 0 unspecified atom stereocenters. The summed E-state index contributed by atoms with van der Waals surface area (Å²) in [5, 5.41) is 9.20. The van der Waals surface area contributed by atoms with E-state index in [1.807, 2.05) is 6.08 Å².